The summed E-state index contributed by atoms with van der Waals surface area (Å²) in [5.74, 6) is 1.06. The lowest BCUT2D eigenvalue weighted by Gasteiger charge is -2.38. The minimum Gasteiger partial charge on any atom is -0.368 e. The van der Waals surface area contributed by atoms with E-state index in [0.717, 1.165) is 44.7 Å². The van der Waals surface area contributed by atoms with Gasteiger partial charge in [-0.05, 0) is 51.4 Å². The van der Waals surface area contributed by atoms with Crippen LogP contribution in [0.2, 0.25) is 0 Å². The van der Waals surface area contributed by atoms with Crippen LogP contribution in [0.1, 0.15) is 52.4 Å². The third-order valence-corrected chi connectivity index (χ3v) is 6.12. The van der Waals surface area contributed by atoms with E-state index >= 15 is 0 Å². The Morgan fingerprint density at radius 1 is 1.04 bits per heavy atom. The van der Waals surface area contributed by atoms with E-state index in [4.69, 9.17) is 4.74 Å². The van der Waals surface area contributed by atoms with Crippen molar-refractivity contribution >= 4 is 11.8 Å². The first-order chi connectivity index (χ1) is 12.0. The molecule has 0 aromatic carbocycles. The summed E-state index contributed by atoms with van der Waals surface area (Å²) in [6.07, 6.45) is 6.21. The number of amides is 2. The van der Waals surface area contributed by atoms with Gasteiger partial charge < -0.3 is 15.0 Å². The fraction of sp³-hybridized carbons (Fsp3) is 0.895. The van der Waals surface area contributed by atoms with E-state index in [0.29, 0.717) is 25.7 Å². The fourth-order valence-electron chi connectivity index (χ4n) is 4.20. The molecule has 1 N–H and O–H groups in total. The lowest BCUT2D eigenvalue weighted by molar-refractivity contribution is -0.143. The van der Waals surface area contributed by atoms with E-state index < -0.39 is 0 Å². The molecular formula is C19H33N3O3. The highest BCUT2D eigenvalue weighted by atomic mass is 16.5. The average Bonchev–Trinajstić information content (AvgIpc) is 3.17. The molecule has 0 aromatic heterocycles. The lowest BCUT2D eigenvalue weighted by atomic mass is 9.87. The minimum atomic E-state index is -0.235. The van der Waals surface area contributed by atoms with Gasteiger partial charge in [-0.2, -0.15) is 0 Å². The van der Waals surface area contributed by atoms with E-state index in [2.05, 4.69) is 17.1 Å². The van der Waals surface area contributed by atoms with Gasteiger partial charge in [-0.1, -0.05) is 6.92 Å². The van der Waals surface area contributed by atoms with Crippen molar-refractivity contribution in [3.8, 4) is 0 Å². The SMILES string of the molecule is CC1CCC(NC(=O)[C@H](C)N2CCN(C(=O)[C@@H]3CCCO3)CC2)CC1. The standard InChI is InChI=1S/C19H33N3O3/c1-14-5-7-16(8-6-14)20-18(23)15(2)21-9-11-22(12-10-21)19(24)17-4-3-13-25-17/h14-17H,3-13H2,1-2H3,(H,20,23)/t14?,15-,16?,17-/m0/s1. The summed E-state index contributed by atoms with van der Waals surface area (Å²) >= 11 is 0. The van der Waals surface area contributed by atoms with Gasteiger partial charge in [0, 0.05) is 38.8 Å². The molecule has 0 aromatic rings. The molecular weight excluding hydrogens is 318 g/mol. The van der Waals surface area contributed by atoms with Gasteiger partial charge in [-0.25, -0.2) is 0 Å². The first kappa shape index (κ1) is 18.6. The van der Waals surface area contributed by atoms with Crippen molar-refractivity contribution < 1.29 is 14.3 Å². The van der Waals surface area contributed by atoms with E-state index in [1.807, 2.05) is 11.8 Å². The Morgan fingerprint density at radius 2 is 1.72 bits per heavy atom. The molecule has 3 aliphatic rings. The molecule has 0 spiro atoms. The van der Waals surface area contributed by atoms with Crippen LogP contribution < -0.4 is 5.32 Å². The number of nitrogens with zero attached hydrogens (tertiary/aromatic N) is 2. The number of carbonyl (C=O) groups is 2. The predicted molar refractivity (Wildman–Crippen MR) is 96.2 cm³/mol. The van der Waals surface area contributed by atoms with Crippen LogP contribution in [0, 0.1) is 5.92 Å². The average molecular weight is 351 g/mol. The zero-order chi connectivity index (χ0) is 17.8. The fourth-order valence-corrected chi connectivity index (χ4v) is 4.20. The molecule has 0 unspecified atom stereocenters. The maximum Gasteiger partial charge on any atom is 0.251 e. The zero-order valence-corrected chi connectivity index (χ0v) is 15.7. The molecule has 25 heavy (non-hydrogen) atoms. The third kappa shape index (κ3) is 4.73. The molecule has 2 atom stereocenters. The highest BCUT2D eigenvalue weighted by Crippen LogP contribution is 2.23. The van der Waals surface area contributed by atoms with Crippen molar-refractivity contribution in [1.82, 2.24) is 15.1 Å². The van der Waals surface area contributed by atoms with Crippen LogP contribution in [-0.2, 0) is 14.3 Å². The highest BCUT2D eigenvalue weighted by molar-refractivity contribution is 5.82. The first-order valence-corrected chi connectivity index (χ1v) is 9.99. The molecule has 2 heterocycles. The molecule has 6 nitrogen and oxygen atoms in total. The van der Waals surface area contributed by atoms with Gasteiger partial charge in [0.15, 0.2) is 0 Å². The normalized spacial score (nSPS) is 32.4. The second-order valence-corrected chi connectivity index (χ2v) is 8.00. The molecule has 2 amide bonds. The summed E-state index contributed by atoms with van der Waals surface area (Å²) in [5.41, 5.74) is 0. The second kappa shape index (κ2) is 8.49. The third-order valence-electron chi connectivity index (χ3n) is 6.12. The van der Waals surface area contributed by atoms with Crippen LogP contribution in [0.3, 0.4) is 0 Å². The number of nitrogens with one attached hydrogen (secondary N) is 1. The van der Waals surface area contributed by atoms with E-state index in [-0.39, 0.29) is 24.0 Å². The van der Waals surface area contributed by atoms with Crippen LogP contribution in [0.25, 0.3) is 0 Å². The van der Waals surface area contributed by atoms with Crippen LogP contribution in [-0.4, -0.2) is 72.6 Å². The number of piperazine rings is 1. The molecule has 1 saturated carbocycles. The zero-order valence-electron chi connectivity index (χ0n) is 15.7. The van der Waals surface area contributed by atoms with Crippen molar-refractivity contribution in [3.63, 3.8) is 0 Å². The monoisotopic (exact) mass is 351 g/mol. The maximum absolute atomic E-state index is 12.6. The molecule has 0 radical (unpaired) electrons. The van der Waals surface area contributed by atoms with Crippen LogP contribution in [0.4, 0.5) is 0 Å². The van der Waals surface area contributed by atoms with Crippen molar-refractivity contribution in [2.45, 2.75) is 70.6 Å². The van der Waals surface area contributed by atoms with Crippen molar-refractivity contribution in [3.05, 3.63) is 0 Å². The Kier molecular flexibility index (Phi) is 6.34. The smallest absolute Gasteiger partial charge is 0.251 e. The van der Waals surface area contributed by atoms with E-state index in [1.165, 1.54) is 12.8 Å². The molecule has 0 bridgehead atoms. The van der Waals surface area contributed by atoms with Crippen LogP contribution in [0.5, 0.6) is 0 Å². The van der Waals surface area contributed by atoms with Gasteiger partial charge in [-0.15, -0.1) is 0 Å². The molecule has 3 rings (SSSR count). The summed E-state index contributed by atoms with van der Waals surface area (Å²) in [6.45, 7) is 7.88. The first-order valence-electron chi connectivity index (χ1n) is 9.99. The molecule has 6 heteroatoms. The van der Waals surface area contributed by atoms with Crippen LogP contribution >= 0.6 is 0 Å². The van der Waals surface area contributed by atoms with E-state index in [9.17, 15) is 9.59 Å². The number of carbonyl (C=O) groups excluding carboxylic acids is 2. The molecule has 1 aliphatic carbocycles. The predicted octanol–water partition coefficient (Wildman–Crippen LogP) is 1.39. The summed E-state index contributed by atoms with van der Waals surface area (Å²) in [7, 11) is 0. The summed E-state index contributed by atoms with van der Waals surface area (Å²) in [4.78, 5) is 29.1. The summed E-state index contributed by atoms with van der Waals surface area (Å²) in [6, 6.07) is 0.216. The lowest BCUT2D eigenvalue weighted by Crippen LogP contribution is -2.57. The topological polar surface area (TPSA) is 61.9 Å². The maximum atomic E-state index is 12.6. The Hall–Kier alpha value is -1.14. The van der Waals surface area contributed by atoms with Gasteiger partial charge in [0.1, 0.15) is 6.10 Å². The van der Waals surface area contributed by atoms with Crippen molar-refractivity contribution in [2.75, 3.05) is 32.8 Å². The summed E-state index contributed by atoms with van der Waals surface area (Å²) in [5, 5.41) is 3.23. The Bertz CT molecular complexity index is 463. The van der Waals surface area contributed by atoms with Gasteiger partial charge in [0.25, 0.3) is 5.91 Å². The van der Waals surface area contributed by atoms with E-state index in [1.54, 1.807) is 0 Å². The van der Waals surface area contributed by atoms with Gasteiger partial charge in [0.05, 0.1) is 6.04 Å². The quantitative estimate of drug-likeness (QED) is 0.831. The number of hydrogen-bond acceptors (Lipinski definition) is 4. The Balaban J connectivity index is 1.42. The number of hydrogen-bond donors (Lipinski definition) is 1. The van der Waals surface area contributed by atoms with Crippen molar-refractivity contribution in [1.29, 1.82) is 0 Å². The molecule has 2 aliphatic heterocycles. The van der Waals surface area contributed by atoms with Crippen LogP contribution in [0.15, 0.2) is 0 Å². The highest BCUT2D eigenvalue weighted by Gasteiger charge is 2.33. The largest absolute Gasteiger partial charge is 0.368 e. The molecule has 2 saturated heterocycles. The number of rotatable bonds is 4. The second-order valence-electron chi connectivity index (χ2n) is 8.00. The molecule has 142 valence electrons. The number of ether oxygens (including phenoxy) is 1. The Morgan fingerprint density at radius 3 is 2.32 bits per heavy atom. The Labute approximate surface area is 151 Å². The summed E-state index contributed by atoms with van der Waals surface area (Å²) < 4.78 is 5.50. The van der Waals surface area contributed by atoms with Gasteiger partial charge >= 0.3 is 0 Å². The van der Waals surface area contributed by atoms with Gasteiger partial charge in [-0.3, -0.25) is 14.5 Å². The van der Waals surface area contributed by atoms with Gasteiger partial charge in [0.2, 0.25) is 5.91 Å². The molecule has 3 fully saturated rings. The van der Waals surface area contributed by atoms with Crippen molar-refractivity contribution in [2.24, 2.45) is 5.92 Å². The minimum absolute atomic E-state index is 0.126.